The molecule has 9 heteroatoms. The summed E-state index contributed by atoms with van der Waals surface area (Å²) in [6, 6.07) is 9.89. The predicted molar refractivity (Wildman–Crippen MR) is 132 cm³/mol. The lowest BCUT2D eigenvalue weighted by Crippen LogP contribution is -2.39. The molecule has 5 rings (SSSR count). The van der Waals surface area contributed by atoms with E-state index in [2.05, 4.69) is 32.5 Å². The van der Waals surface area contributed by atoms with Crippen molar-refractivity contribution in [1.29, 1.82) is 0 Å². The van der Waals surface area contributed by atoms with Crippen molar-refractivity contribution in [3.63, 3.8) is 0 Å². The highest BCUT2D eigenvalue weighted by molar-refractivity contribution is 5.79. The number of carbonyl (C=O) groups is 1. The van der Waals surface area contributed by atoms with Gasteiger partial charge in [0.2, 0.25) is 5.82 Å². The second-order valence-corrected chi connectivity index (χ2v) is 9.21. The van der Waals surface area contributed by atoms with Gasteiger partial charge in [-0.05, 0) is 60.6 Å². The second kappa shape index (κ2) is 9.77. The number of hydrogen-bond donors (Lipinski definition) is 1. The Morgan fingerprint density at radius 1 is 1.14 bits per heavy atom. The zero-order valence-electron chi connectivity index (χ0n) is 20.0. The number of unbranched alkanes of at least 4 members (excludes halogenated alkanes) is 1. The summed E-state index contributed by atoms with van der Waals surface area (Å²) in [5.74, 6) is 0.642. The zero-order chi connectivity index (χ0) is 24.4. The normalized spacial score (nSPS) is 17.3. The third-order valence-electron chi connectivity index (χ3n) is 7.02. The van der Waals surface area contributed by atoms with Crippen LogP contribution in [-0.4, -0.2) is 40.5 Å². The number of benzene rings is 1. The van der Waals surface area contributed by atoms with Crippen LogP contribution in [0, 0.1) is 5.92 Å². The monoisotopic (exact) mass is 471 g/mol. The van der Waals surface area contributed by atoms with Crippen molar-refractivity contribution in [2.45, 2.75) is 58.5 Å². The molecule has 0 saturated heterocycles. The second-order valence-electron chi connectivity index (χ2n) is 9.21. The van der Waals surface area contributed by atoms with Crippen molar-refractivity contribution in [3.8, 4) is 22.5 Å². The van der Waals surface area contributed by atoms with Gasteiger partial charge in [-0.15, -0.1) is 10.2 Å². The van der Waals surface area contributed by atoms with Gasteiger partial charge in [0.1, 0.15) is 5.78 Å². The standard InChI is InChI=1S/C26H29N7O2/c1-3-4-5-21-16-33(24-11-10-22(24)17(2)34)26(35)32(21)15-20-14-27-13-12-23(20)18-6-8-19(9-7-18)25-28-30-31-29-25/h6-9,12-14,16,22,24H,3-5,10-11,15H2,1-2H3,(H,28,29,30,31). The van der Waals surface area contributed by atoms with Crippen LogP contribution in [0.1, 0.15) is 56.8 Å². The van der Waals surface area contributed by atoms with Gasteiger partial charge in [-0.25, -0.2) is 4.79 Å². The van der Waals surface area contributed by atoms with E-state index in [1.165, 1.54) is 0 Å². The smallest absolute Gasteiger partial charge is 0.300 e. The minimum atomic E-state index is -0.0609. The fraction of sp³-hybridized carbons (Fsp3) is 0.385. The number of aryl methyl sites for hydroxylation is 1. The van der Waals surface area contributed by atoms with Crippen molar-refractivity contribution in [1.82, 2.24) is 34.7 Å². The quantitative estimate of drug-likeness (QED) is 0.397. The van der Waals surface area contributed by atoms with Crippen LogP contribution in [0.15, 0.2) is 53.7 Å². The van der Waals surface area contributed by atoms with Gasteiger partial charge in [-0.3, -0.25) is 18.9 Å². The molecule has 180 valence electrons. The lowest BCUT2D eigenvalue weighted by molar-refractivity contribution is -0.125. The molecule has 0 spiro atoms. The summed E-state index contributed by atoms with van der Waals surface area (Å²) < 4.78 is 3.66. The average Bonchev–Trinajstić information content (AvgIpc) is 3.47. The van der Waals surface area contributed by atoms with Gasteiger partial charge in [-0.1, -0.05) is 37.6 Å². The molecule has 0 radical (unpaired) electrons. The maximum atomic E-state index is 13.6. The van der Waals surface area contributed by atoms with Crippen LogP contribution < -0.4 is 5.69 Å². The number of Topliss-reactive ketones (excluding diaryl/α,β-unsaturated/α-hetero) is 1. The van der Waals surface area contributed by atoms with E-state index < -0.39 is 0 Å². The van der Waals surface area contributed by atoms with Gasteiger partial charge >= 0.3 is 5.69 Å². The number of nitrogens with one attached hydrogen (secondary N) is 1. The molecule has 1 N–H and O–H groups in total. The van der Waals surface area contributed by atoms with Crippen LogP contribution in [0.4, 0.5) is 0 Å². The fourth-order valence-electron chi connectivity index (χ4n) is 4.89. The minimum Gasteiger partial charge on any atom is -0.300 e. The van der Waals surface area contributed by atoms with E-state index in [9.17, 15) is 9.59 Å². The Bertz CT molecular complexity index is 1370. The molecule has 0 amide bonds. The van der Waals surface area contributed by atoms with Crippen LogP contribution in [-0.2, 0) is 17.8 Å². The molecule has 0 bridgehead atoms. The summed E-state index contributed by atoms with van der Waals surface area (Å²) in [7, 11) is 0. The van der Waals surface area contributed by atoms with E-state index in [4.69, 9.17) is 0 Å². The largest absolute Gasteiger partial charge is 0.328 e. The van der Waals surface area contributed by atoms with Gasteiger partial charge in [-0.2, -0.15) is 5.21 Å². The van der Waals surface area contributed by atoms with Crippen LogP contribution in [0.3, 0.4) is 0 Å². The summed E-state index contributed by atoms with van der Waals surface area (Å²) in [5, 5.41) is 14.2. The van der Waals surface area contributed by atoms with Crippen LogP contribution in [0.25, 0.3) is 22.5 Å². The molecule has 1 aliphatic carbocycles. The number of imidazole rings is 1. The highest BCUT2D eigenvalue weighted by atomic mass is 16.2. The Balaban J connectivity index is 1.49. The SMILES string of the molecule is CCCCc1cn(C2CCC2C(C)=O)c(=O)n1Cc1cnccc1-c1ccc(-c2nn[nH]n2)cc1. The molecule has 2 unspecified atom stereocenters. The molecular weight excluding hydrogens is 442 g/mol. The number of carbonyl (C=O) groups excluding carboxylic acids is 1. The lowest BCUT2D eigenvalue weighted by atomic mass is 9.77. The summed E-state index contributed by atoms with van der Waals surface area (Å²) in [6.07, 6.45) is 10.2. The number of tetrazole rings is 1. The average molecular weight is 472 g/mol. The van der Waals surface area contributed by atoms with Crippen LogP contribution >= 0.6 is 0 Å². The zero-order valence-corrected chi connectivity index (χ0v) is 20.0. The summed E-state index contributed by atoms with van der Waals surface area (Å²) in [5.41, 5.74) is 4.84. The van der Waals surface area contributed by atoms with E-state index >= 15 is 0 Å². The van der Waals surface area contributed by atoms with Crippen molar-refractivity contribution in [2.75, 3.05) is 0 Å². The molecule has 1 fully saturated rings. The maximum Gasteiger partial charge on any atom is 0.328 e. The predicted octanol–water partition coefficient (Wildman–Crippen LogP) is 3.82. The number of pyridine rings is 1. The number of H-pyrrole nitrogens is 1. The molecular formula is C26H29N7O2. The van der Waals surface area contributed by atoms with E-state index in [0.717, 1.165) is 60.1 Å². The number of hydrogen-bond acceptors (Lipinski definition) is 6. The Morgan fingerprint density at radius 3 is 2.60 bits per heavy atom. The Labute approximate surface area is 203 Å². The molecule has 1 saturated carbocycles. The first kappa shape index (κ1) is 22.9. The number of aromatic amines is 1. The van der Waals surface area contributed by atoms with Gasteiger partial charge < -0.3 is 0 Å². The third-order valence-corrected chi connectivity index (χ3v) is 7.02. The molecule has 3 heterocycles. The van der Waals surface area contributed by atoms with Crippen LogP contribution in [0.2, 0.25) is 0 Å². The minimum absolute atomic E-state index is 0.0346. The van der Waals surface area contributed by atoms with Crippen molar-refractivity contribution in [3.05, 3.63) is 70.7 Å². The first-order valence-electron chi connectivity index (χ1n) is 12.1. The van der Waals surface area contributed by atoms with Gasteiger partial charge in [0.25, 0.3) is 0 Å². The first-order chi connectivity index (χ1) is 17.1. The van der Waals surface area contributed by atoms with Crippen LogP contribution in [0.5, 0.6) is 0 Å². The van der Waals surface area contributed by atoms with Crippen molar-refractivity contribution >= 4 is 5.78 Å². The summed E-state index contributed by atoms with van der Waals surface area (Å²) in [6.45, 7) is 4.20. The Kier molecular flexibility index (Phi) is 6.39. The molecule has 4 aromatic rings. The molecule has 0 aliphatic heterocycles. The summed E-state index contributed by atoms with van der Waals surface area (Å²) in [4.78, 5) is 29.9. The molecule has 35 heavy (non-hydrogen) atoms. The molecule has 2 atom stereocenters. The summed E-state index contributed by atoms with van der Waals surface area (Å²) >= 11 is 0. The Morgan fingerprint density at radius 2 is 1.94 bits per heavy atom. The molecule has 9 nitrogen and oxygen atoms in total. The van der Waals surface area contributed by atoms with Gasteiger partial charge in [0, 0.05) is 41.8 Å². The fourth-order valence-corrected chi connectivity index (χ4v) is 4.89. The van der Waals surface area contributed by atoms with Crippen molar-refractivity contribution in [2.24, 2.45) is 5.92 Å². The highest BCUT2D eigenvalue weighted by Gasteiger charge is 2.37. The van der Waals surface area contributed by atoms with Gasteiger partial charge in [0.05, 0.1) is 6.54 Å². The topological polar surface area (TPSA) is 111 Å². The van der Waals surface area contributed by atoms with E-state index in [1.807, 2.05) is 47.3 Å². The first-order valence-corrected chi connectivity index (χ1v) is 12.1. The number of nitrogens with zero attached hydrogens (tertiary/aromatic N) is 6. The third kappa shape index (κ3) is 4.45. The molecule has 3 aromatic heterocycles. The van der Waals surface area contributed by atoms with E-state index in [0.29, 0.717) is 12.4 Å². The number of aromatic nitrogens is 7. The lowest BCUT2D eigenvalue weighted by Gasteiger charge is -2.35. The number of ketones is 1. The van der Waals surface area contributed by atoms with Gasteiger partial charge in [0.15, 0.2) is 0 Å². The highest BCUT2D eigenvalue weighted by Crippen LogP contribution is 2.38. The number of rotatable bonds is 9. The Hall–Kier alpha value is -3.88. The maximum absolute atomic E-state index is 13.6. The van der Waals surface area contributed by atoms with E-state index in [-0.39, 0.29) is 23.4 Å². The molecule has 1 aromatic carbocycles. The molecule has 1 aliphatic rings. The van der Waals surface area contributed by atoms with E-state index in [1.54, 1.807) is 17.7 Å². The van der Waals surface area contributed by atoms with Crippen molar-refractivity contribution < 1.29 is 4.79 Å².